The molecule has 0 saturated carbocycles. The van der Waals surface area contributed by atoms with E-state index in [-0.39, 0.29) is 3.74 Å². The first-order valence-corrected chi connectivity index (χ1v) is 3.73. The molecule has 0 aromatic rings. The Morgan fingerprint density at radius 2 is 2.20 bits per heavy atom. The van der Waals surface area contributed by atoms with E-state index in [0.717, 1.165) is 0 Å². The summed E-state index contributed by atoms with van der Waals surface area (Å²) in [6.07, 6.45) is 1.98. The fraction of sp³-hybridized carbons (Fsp3) is 1.00. The maximum Gasteiger partial charge on any atom is 0.229 e. The summed E-state index contributed by atoms with van der Waals surface area (Å²) in [5, 5.41) is 0. The highest BCUT2D eigenvalue weighted by Gasteiger charge is 1.90. The van der Waals surface area contributed by atoms with E-state index < -0.39 is 0 Å². The van der Waals surface area contributed by atoms with Gasteiger partial charge in [-0.05, 0) is 6.26 Å². The van der Waals surface area contributed by atoms with E-state index in [4.69, 9.17) is 7.74 Å². The van der Waals surface area contributed by atoms with Crippen LogP contribution in [0.25, 0.3) is 0 Å². The predicted octanol–water partition coefficient (Wildman–Crippen LogP) is 0.938. The quantitative estimate of drug-likeness (QED) is 0.443. The lowest BCUT2D eigenvalue weighted by molar-refractivity contribution is 2.54. The second-order valence-electron chi connectivity index (χ2n) is 0.587. The maximum absolute atomic E-state index is 5.24. The van der Waals surface area contributed by atoms with Gasteiger partial charge >= 0.3 is 0 Å². The summed E-state index contributed by atoms with van der Waals surface area (Å²) >= 11 is 3.79. The molecule has 0 spiro atoms. The summed E-state index contributed by atoms with van der Waals surface area (Å²) < 4.78 is 0.271. The van der Waals surface area contributed by atoms with Crippen molar-refractivity contribution in [3.05, 3.63) is 0 Å². The fourth-order valence-electron chi connectivity index (χ4n) is 0. The van der Waals surface area contributed by atoms with E-state index >= 15 is 0 Å². The molecule has 0 N–H and O–H groups in total. The van der Waals surface area contributed by atoms with Crippen molar-refractivity contribution in [2.24, 2.45) is 0 Å². The molecule has 0 aliphatic carbocycles. The van der Waals surface area contributed by atoms with Crippen LogP contribution in [0.15, 0.2) is 0 Å². The molecule has 0 aliphatic heterocycles. The van der Waals surface area contributed by atoms with Crippen LogP contribution in [-0.4, -0.2) is 17.7 Å². The van der Waals surface area contributed by atoms with Gasteiger partial charge in [0.05, 0.1) is 7.74 Å². The van der Waals surface area contributed by atoms with Crippen LogP contribution in [0.1, 0.15) is 0 Å². The van der Waals surface area contributed by atoms with Gasteiger partial charge < -0.3 is 0 Å². The van der Waals surface area contributed by atoms with Gasteiger partial charge in [-0.1, -0.05) is 0 Å². The van der Waals surface area contributed by atoms with E-state index in [9.17, 15) is 0 Å². The van der Waals surface area contributed by atoms with E-state index in [2.05, 4.69) is 22.4 Å². The third kappa shape index (κ3) is 5.21. The van der Waals surface area contributed by atoms with Crippen LogP contribution in [0.3, 0.4) is 0 Å². The highest BCUT2D eigenvalue weighted by atomic mass is 127. The van der Waals surface area contributed by atoms with Crippen molar-refractivity contribution in [2.75, 3.05) is 6.26 Å². The maximum atomic E-state index is 5.24. The van der Waals surface area contributed by atoms with Crippen molar-refractivity contribution >= 4 is 45.5 Å². The summed E-state index contributed by atoms with van der Waals surface area (Å²) in [5.74, 6) is 0. The standard InChI is InChI=1S/CH3B2IS/c1-5-3(2)4/h1H3. The van der Waals surface area contributed by atoms with Gasteiger partial charge in [-0.3, -0.25) is 0 Å². The average molecular weight is 196 g/mol. The Bertz CT molecular complexity index is 23.6. The first-order chi connectivity index (χ1) is 2.27. The molecule has 2 radical (unpaired) electrons. The molecule has 0 unspecified atom stereocenters. The molecule has 0 heterocycles. The van der Waals surface area contributed by atoms with Crippen LogP contribution >= 0.6 is 34.0 Å². The van der Waals surface area contributed by atoms with Crippen LogP contribution < -0.4 is 0 Å². The molecular formula is CH3B2IS. The van der Waals surface area contributed by atoms with Crippen molar-refractivity contribution in [3.8, 4) is 0 Å². The second-order valence-corrected chi connectivity index (χ2v) is 3.75. The van der Waals surface area contributed by atoms with Gasteiger partial charge in [0.15, 0.2) is 0 Å². The molecular weight excluding hydrogens is 193 g/mol. The van der Waals surface area contributed by atoms with Crippen molar-refractivity contribution in [2.45, 2.75) is 0 Å². The summed E-state index contributed by atoms with van der Waals surface area (Å²) in [4.78, 5) is 0. The van der Waals surface area contributed by atoms with Gasteiger partial charge in [-0.25, -0.2) is 11.6 Å². The number of halogens is 1. The minimum atomic E-state index is 0.271. The monoisotopic (exact) mass is 196 g/mol. The van der Waals surface area contributed by atoms with Gasteiger partial charge in [0, 0.05) is 0 Å². The van der Waals surface area contributed by atoms with Crippen LogP contribution in [0.5, 0.6) is 0 Å². The smallest absolute Gasteiger partial charge is 0.210 e. The molecule has 0 amide bonds. The topological polar surface area (TPSA) is 0 Å². The molecule has 5 heavy (non-hydrogen) atoms. The molecule has 0 bridgehead atoms. The Morgan fingerprint density at radius 3 is 2.20 bits per heavy atom. The van der Waals surface area contributed by atoms with Crippen molar-refractivity contribution in [1.82, 2.24) is 0 Å². The average Bonchev–Trinajstić information content (AvgIpc) is 1.38. The highest BCUT2D eigenvalue weighted by molar-refractivity contribution is 14.1. The van der Waals surface area contributed by atoms with E-state index in [1.807, 2.05) is 6.26 Å². The third-order valence-electron chi connectivity index (χ3n) is 0.225. The lowest BCUT2D eigenvalue weighted by atomic mass is 9.78. The zero-order chi connectivity index (χ0) is 4.28. The van der Waals surface area contributed by atoms with Crippen molar-refractivity contribution in [3.63, 3.8) is 0 Å². The van der Waals surface area contributed by atoms with Crippen LogP contribution in [-0.2, 0) is 0 Å². The Kier molecular flexibility index (Phi) is 4.22. The largest absolute Gasteiger partial charge is 0.229 e. The lowest BCUT2D eigenvalue weighted by Crippen LogP contribution is -1.90. The van der Waals surface area contributed by atoms with Crippen LogP contribution in [0, 0.1) is 0 Å². The molecule has 0 saturated heterocycles. The van der Waals surface area contributed by atoms with Gasteiger partial charge in [-0.15, -0.1) is 22.4 Å². The summed E-state index contributed by atoms with van der Waals surface area (Å²) in [6.45, 7) is 0. The first-order valence-electron chi connectivity index (χ1n) is 1.20. The van der Waals surface area contributed by atoms with E-state index in [1.165, 1.54) is 0 Å². The van der Waals surface area contributed by atoms with Gasteiger partial charge in [0.1, 0.15) is 0 Å². The van der Waals surface area contributed by atoms with Crippen LogP contribution in [0.4, 0.5) is 0 Å². The Hall–Kier alpha value is 1.21. The number of hydrogen-bond donors (Lipinski definition) is 0. The summed E-state index contributed by atoms with van der Waals surface area (Å²) in [5.41, 5.74) is 0. The fourth-order valence-corrected chi connectivity index (χ4v) is 0. The summed E-state index contributed by atoms with van der Waals surface area (Å²) in [7, 11) is 5.24. The highest BCUT2D eigenvalue weighted by Crippen LogP contribution is 2.02. The lowest BCUT2D eigenvalue weighted by Gasteiger charge is -1.83. The number of rotatable bonds is 1. The molecule has 0 rings (SSSR count). The van der Waals surface area contributed by atoms with Gasteiger partial charge in [0.2, 0.25) is 3.74 Å². The van der Waals surface area contributed by atoms with Crippen molar-refractivity contribution in [1.29, 1.82) is 0 Å². The van der Waals surface area contributed by atoms with E-state index in [0.29, 0.717) is 0 Å². The molecule has 0 fully saturated rings. The van der Waals surface area contributed by atoms with Gasteiger partial charge in [-0.2, -0.15) is 0 Å². The zero-order valence-corrected chi connectivity index (χ0v) is 5.91. The van der Waals surface area contributed by atoms with E-state index in [1.54, 1.807) is 11.6 Å². The second kappa shape index (κ2) is 3.40. The molecule has 26 valence electrons. The third-order valence-corrected chi connectivity index (χ3v) is 2.20. The molecule has 0 aromatic carbocycles. The molecule has 0 aromatic heterocycles. The summed E-state index contributed by atoms with van der Waals surface area (Å²) in [6, 6.07) is 0. The number of hydrogen-bond acceptors (Lipinski definition) is 1. The predicted molar refractivity (Wildman–Crippen MR) is 39.0 cm³/mol. The molecule has 0 atom stereocenters. The Labute approximate surface area is 51.7 Å². The minimum Gasteiger partial charge on any atom is -0.210 e. The van der Waals surface area contributed by atoms with Crippen molar-refractivity contribution < 1.29 is 0 Å². The molecule has 0 aliphatic rings. The molecule has 0 nitrogen and oxygen atoms in total. The van der Waals surface area contributed by atoms with Gasteiger partial charge in [0.25, 0.3) is 0 Å². The first kappa shape index (κ1) is 6.21. The SMILES string of the molecule is [B]B(I)SC. The normalized spacial score (nSPS) is 7.60. The zero-order valence-electron chi connectivity index (χ0n) is 2.94. The Morgan fingerprint density at radius 1 is 2.00 bits per heavy atom. The van der Waals surface area contributed by atoms with Crippen LogP contribution in [0.2, 0.25) is 0 Å². The molecule has 4 heteroatoms. The minimum absolute atomic E-state index is 0.271. The Balaban J connectivity index is 2.54.